The van der Waals surface area contributed by atoms with Crippen LogP contribution in [0.2, 0.25) is 15.1 Å². The third-order valence-electron chi connectivity index (χ3n) is 2.48. The minimum atomic E-state index is 0.356. The lowest BCUT2D eigenvalue weighted by Gasteiger charge is -2.10. The molecule has 0 heterocycles. The van der Waals surface area contributed by atoms with Gasteiger partial charge in [-0.05, 0) is 34.9 Å². The summed E-state index contributed by atoms with van der Waals surface area (Å²) in [5.74, 6) is 0.356. The number of benzene rings is 2. The molecule has 2 rings (SSSR count). The molecule has 0 saturated carbocycles. The predicted molar refractivity (Wildman–Crippen MR) is 76.5 cm³/mol. The van der Waals surface area contributed by atoms with E-state index in [-0.39, 0.29) is 0 Å². The molecule has 4 heteroatoms. The Hall–Kier alpha value is -0.400. The van der Waals surface area contributed by atoms with Crippen molar-refractivity contribution < 1.29 is 0 Å². The zero-order valence-electron chi connectivity index (χ0n) is 8.68. The van der Waals surface area contributed by atoms with Crippen molar-refractivity contribution in [1.82, 2.24) is 0 Å². The van der Waals surface area contributed by atoms with Gasteiger partial charge in [0.2, 0.25) is 0 Å². The van der Waals surface area contributed by atoms with Crippen LogP contribution in [0.15, 0.2) is 36.4 Å². The van der Waals surface area contributed by atoms with Crippen LogP contribution in [0, 0.1) is 0 Å². The van der Waals surface area contributed by atoms with Gasteiger partial charge >= 0.3 is 0 Å². The van der Waals surface area contributed by atoms with Gasteiger partial charge in [0.25, 0.3) is 0 Å². The van der Waals surface area contributed by atoms with Crippen molar-refractivity contribution in [3.05, 3.63) is 57.0 Å². The van der Waals surface area contributed by atoms with E-state index in [0.29, 0.717) is 20.9 Å². The summed E-state index contributed by atoms with van der Waals surface area (Å²) >= 11 is 23.9. The smallest absolute Gasteiger partial charge is 0.0598 e. The highest BCUT2D eigenvalue weighted by molar-refractivity contribution is 6.42. The van der Waals surface area contributed by atoms with Gasteiger partial charge in [0, 0.05) is 10.9 Å². The molecule has 0 aliphatic rings. The first kappa shape index (κ1) is 13.0. The minimum Gasteiger partial charge on any atom is -0.121 e. The zero-order valence-corrected chi connectivity index (χ0v) is 11.7. The molecule has 0 fully saturated rings. The largest absolute Gasteiger partial charge is 0.121 e. The molecular weight excluding hydrogens is 298 g/mol. The molecule has 0 nitrogen and oxygen atoms in total. The molecule has 17 heavy (non-hydrogen) atoms. The maximum atomic E-state index is 6.11. The summed E-state index contributed by atoms with van der Waals surface area (Å²) in [4.78, 5) is 0. The second-order valence-corrected chi connectivity index (χ2v) is 5.02. The van der Waals surface area contributed by atoms with E-state index in [9.17, 15) is 0 Å². The van der Waals surface area contributed by atoms with Crippen LogP contribution in [0.1, 0.15) is 5.56 Å². The van der Waals surface area contributed by atoms with Gasteiger partial charge in [-0.2, -0.15) is 0 Å². The summed E-state index contributed by atoms with van der Waals surface area (Å²) in [6.45, 7) is 0. The van der Waals surface area contributed by atoms with Crippen LogP contribution in [-0.4, -0.2) is 0 Å². The number of rotatable bonds is 2. The van der Waals surface area contributed by atoms with Crippen molar-refractivity contribution in [3.8, 4) is 11.1 Å². The number of hydrogen-bond acceptors (Lipinski definition) is 0. The normalized spacial score (nSPS) is 10.6. The predicted octanol–water partition coefficient (Wildman–Crippen LogP) is 6.05. The maximum Gasteiger partial charge on any atom is 0.0598 e. The lowest BCUT2D eigenvalue weighted by Crippen LogP contribution is -1.88. The first-order valence-electron chi connectivity index (χ1n) is 4.92. The van der Waals surface area contributed by atoms with Gasteiger partial charge in [0.05, 0.1) is 10.0 Å². The van der Waals surface area contributed by atoms with Crippen LogP contribution in [-0.2, 0) is 5.88 Å². The Labute approximate surface area is 120 Å². The van der Waals surface area contributed by atoms with Crippen LogP contribution < -0.4 is 0 Å². The van der Waals surface area contributed by atoms with E-state index in [4.69, 9.17) is 46.4 Å². The van der Waals surface area contributed by atoms with Gasteiger partial charge in [-0.3, -0.25) is 0 Å². The van der Waals surface area contributed by atoms with Gasteiger partial charge in [0.1, 0.15) is 0 Å². The van der Waals surface area contributed by atoms with Crippen LogP contribution in [0.5, 0.6) is 0 Å². The van der Waals surface area contributed by atoms with Crippen molar-refractivity contribution in [2.75, 3.05) is 0 Å². The van der Waals surface area contributed by atoms with E-state index < -0.39 is 0 Å². The Kier molecular flexibility index (Phi) is 4.22. The topological polar surface area (TPSA) is 0 Å². The molecule has 0 bridgehead atoms. The molecule has 0 spiro atoms. The van der Waals surface area contributed by atoms with E-state index >= 15 is 0 Å². The zero-order chi connectivity index (χ0) is 12.4. The van der Waals surface area contributed by atoms with Crippen molar-refractivity contribution >= 4 is 46.4 Å². The summed E-state index contributed by atoms with van der Waals surface area (Å²) in [7, 11) is 0. The molecular formula is C13H8Cl4. The Morgan fingerprint density at radius 2 is 1.59 bits per heavy atom. The van der Waals surface area contributed by atoms with Crippen LogP contribution in [0.25, 0.3) is 11.1 Å². The average Bonchev–Trinajstić information content (AvgIpc) is 2.32. The second kappa shape index (κ2) is 5.49. The standard InChI is InChI=1S/C13H8Cl4/c14-7-10-9(2-1-3-11(10)15)8-4-5-12(16)13(17)6-8/h1-6H,7H2. The molecule has 2 aromatic carbocycles. The maximum absolute atomic E-state index is 6.11. The summed E-state index contributed by atoms with van der Waals surface area (Å²) in [5.41, 5.74) is 2.83. The Bertz CT molecular complexity index is 549. The van der Waals surface area contributed by atoms with Gasteiger partial charge in [-0.15, -0.1) is 11.6 Å². The van der Waals surface area contributed by atoms with Crippen molar-refractivity contribution in [3.63, 3.8) is 0 Å². The molecule has 0 aliphatic heterocycles. The van der Waals surface area contributed by atoms with E-state index in [2.05, 4.69) is 0 Å². The van der Waals surface area contributed by atoms with Gasteiger partial charge in [0.15, 0.2) is 0 Å². The molecule has 0 aliphatic carbocycles. The summed E-state index contributed by atoms with van der Waals surface area (Å²) in [6.07, 6.45) is 0. The Morgan fingerprint density at radius 1 is 0.824 bits per heavy atom. The third kappa shape index (κ3) is 2.71. The van der Waals surface area contributed by atoms with Gasteiger partial charge in [-0.25, -0.2) is 0 Å². The first-order valence-corrected chi connectivity index (χ1v) is 6.59. The highest BCUT2D eigenvalue weighted by Crippen LogP contribution is 2.33. The van der Waals surface area contributed by atoms with Crippen LogP contribution in [0.3, 0.4) is 0 Å². The Morgan fingerprint density at radius 3 is 2.24 bits per heavy atom. The molecule has 0 radical (unpaired) electrons. The van der Waals surface area contributed by atoms with Crippen molar-refractivity contribution in [1.29, 1.82) is 0 Å². The quantitative estimate of drug-likeness (QED) is 0.592. The van der Waals surface area contributed by atoms with E-state index in [1.54, 1.807) is 6.07 Å². The molecule has 0 N–H and O–H groups in total. The SMILES string of the molecule is ClCc1c(Cl)cccc1-c1ccc(Cl)c(Cl)c1. The minimum absolute atomic E-state index is 0.356. The Balaban J connectivity index is 2.60. The highest BCUT2D eigenvalue weighted by Gasteiger charge is 2.09. The van der Waals surface area contributed by atoms with Crippen LogP contribution >= 0.6 is 46.4 Å². The molecule has 0 unspecified atom stereocenters. The highest BCUT2D eigenvalue weighted by atomic mass is 35.5. The van der Waals surface area contributed by atoms with E-state index in [0.717, 1.165) is 16.7 Å². The fraction of sp³-hybridized carbons (Fsp3) is 0.0769. The van der Waals surface area contributed by atoms with E-state index in [1.165, 1.54) is 0 Å². The van der Waals surface area contributed by atoms with Crippen molar-refractivity contribution in [2.45, 2.75) is 5.88 Å². The molecule has 2 aromatic rings. The lowest BCUT2D eigenvalue weighted by atomic mass is 10.0. The second-order valence-electron chi connectivity index (χ2n) is 3.53. The lowest BCUT2D eigenvalue weighted by molar-refractivity contribution is 1.40. The monoisotopic (exact) mass is 304 g/mol. The average molecular weight is 306 g/mol. The van der Waals surface area contributed by atoms with Crippen LogP contribution in [0.4, 0.5) is 0 Å². The third-order valence-corrected chi connectivity index (χ3v) is 3.84. The fourth-order valence-electron chi connectivity index (χ4n) is 1.63. The number of halogens is 4. The van der Waals surface area contributed by atoms with Crippen molar-refractivity contribution in [2.24, 2.45) is 0 Å². The van der Waals surface area contributed by atoms with Gasteiger partial charge < -0.3 is 0 Å². The number of alkyl halides is 1. The van der Waals surface area contributed by atoms with Gasteiger partial charge in [-0.1, -0.05) is 53.0 Å². The molecule has 88 valence electrons. The number of hydrogen-bond donors (Lipinski definition) is 0. The summed E-state index contributed by atoms with van der Waals surface area (Å²) in [5, 5.41) is 1.71. The molecule has 0 amide bonds. The summed E-state index contributed by atoms with van der Waals surface area (Å²) in [6, 6.07) is 11.1. The summed E-state index contributed by atoms with van der Waals surface area (Å²) < 4.78 is 0. The molecule has 0 saturated heterocycles. The molecule has 0 aromatic heterocycles. The molecule has 0 atom stereocenters. The van der Waals surface area contributed by atoms with E-state index in [1.807, 2.05) is 30.3 Å². The first-order chi connectivity index (χ1) is 8.13. The fourth-order valence-corrected chi connectivity index (χ4v) is 2.52.